The molecule has 39 heteroatoms. The van der Waals surface area contributed by atoms with Crippen molar-refractivity contribution in [3.05, 3.63) is 65.7 Å². The summed E-state index contributed by atoms with van der Waals surface area (Å²) in [5.41, 5.74) is 34.6. The molecule has 1 heterocycles. The number of unbranched alkanes of at least 4 members (excludes halogenated alkanes) is 1. The number of nitrogens with two attached hydrogens (primary N) is 6. The van der Waals surface area contributed by atoms with Crippen LogP contribution in [0, 0.1) is 11.8 Å². The van der Waals surface area contributed by atoms with Crippen molar-refractivity contribution in [2.24, 2.45) is 51.2 Å². The number of likely N-dealkylation sites (tertiary alicyclic amines) is 1. The Balaban J connectivity index is 1.95. The maximum absolute atomic E-state index is 14.7. The molecule has 39 nitrogen and oxygen atoms in total. The second kappa shape index (κ2) is 45.2. The third-order valence-electron chi connectivity index (χ3n) is 16.5. The van der Waals surface area contributed by atoms with E-state index in [2.05, 4.69) is 58.2 Å². The van der Waals surface area contributed by atoms with Crippen molar-refractivity contribution in [1.82, 2.24) is 58.1 Å². The van der Waals surface area contributed by atoms with Crippen molar-refractivity contribution in [1.29, 1.82) is 0 Å². The van der Waals surface area contributed by atoms with Crippen LogP contribution in [0.3, 0.4) is 0 Å². The molecule has 13 amide bonds. The van der Waals surface area contributed by atoms with E-state index in [1.165, 1.54) is 24.3 Å². The summed E-state index contributed by atoms with van der Waals surface area (Å²) < 4.78 is 0. The van der Waals surface area contributed by atoms with Crippen molar-refractivity contribution in [2.75, 3.05) is 26.2 Å². The zero-order valence-electron chi connectivity index (χ0n) is 59.5. The van der Waals surface area contributed by atoms with Crippen LogP contribution in [0.4, 0.5) is 0 Å². The van der Waals surface area contributed by atoms with Crippen LogP contribution < -0.4 is 87.6 Å². The Bertz CT molecular complexity index is 3410. The van der Waals surface area contributed by atoms with E-state index in [4.69, 9.17) is 34.4 Å². The second-order valence-corrected chi connectivity index (χ2v) is 26.4. The lowest BCUT2D eigenvalue weighted by atomic mass is 9.98. The molecule has 106 heavy (non-hydrogen) atoms. The van der Waals surface area contributed by atoms with Crippen LogP contribution in [0.15, 0.2) is 59.6 Å². The first-order chi connectivity index (χ1) is 49.9. The number of benzene rings is 2. The quantitative estimate of drug-likeness (QED) is 0.0166. The van der Waals surface area contributed by atoms with E-state index < -0.39 is 206 Å². The van der Waals surface area contributed by atoms with Gasteiger partial charge in [0.05, 0.1) is 25.9 Å². The third-order valence-corrected chi connectivity index (χ3v) is 16.5. The number of aliphatic hydroxyl groups is 1. The van der Waals surface area contributed by atoms with Gasteiger partial charge in [-0.3, -0.25) is 76.9 Å². The number of hydrogen-bond acceptors (Lipinski definition) is 21. The highest BCUT2D eigenvalue weighted by Gasteiger charge is 2.42. The predicted molar refractivity (Wildman–Crippen MR) is 377 cm³/mol. The van der Waals surface area contributed by atoms with Gasteiger partial charge < -0.3 is 118 Å². The predicted octanol–water partition coefficient (Wildman–Crippen LogP) is -6.21. The Morgan fingerprint density at radius 2 is 0.915 bits per heavy atom. The zero-order valence-corrected chi connectivity index (χ0v) is 59.5. The maximum atomic E-state index is 14.7. The van der Waals surface area contributed by atoms with Crippen LogP contribution in [-0.4, -0.2) is 230 Å². The monoisotopic (exact) mass is 1490 g/mol. The van der Waals surface area contributed by atoms with Gasteiger partial charge >= 0.3 is 17.9 Å². The summed E-state index contributed by atoms with van der Waals surface area (Å²) in [6.45, 7) is 6.00. The van der Waals surface area contributed by atoms with E-state index in [0.29, 0.717) is 11.1 Å². The van der Waals surface area contributed by atoms with E-state index in [1.807, 2.05) is 0 Å². The minimum absolute atomic E-state index is 0.00708. The van der Waals surface area contributed by atoms with Gasteiger partial charge in [-0.1, -0.05) is 70.2 Å². The summed E-state index contributed by atoms with van der Waals surface area (Å²) in [4.78, 5) is 221. The van der Waals surface area contributed by atoms with Gasteiger partial charge in [0.1, 0.15) is 78.3 Å². The minimum atomic E-state index is -2.11. The summed E-state index contributed by atoms with van der Waals surface area (Å²) in [5, 5.41) is 72.7. The van der Waals surface area contributed by atoms with Gasteiger partial charge in [-0.05, 0) is 106 Å². The molecule has 0 aromatic heterocycles. The number of primary amides is 2. The number of nitrogens with zero attached hydrogens (tertiary/aromatic N) is 2. The Morgan fingerprint density at radius 1 is 0.491 bits per heavy atom. The molecule has 0 saturated carbocycles. The zero-order chi connectivity index (χ0) is 79.5. The number of carboxylic acids is 3. The Hall–Kier alpha value is -11.1. The van der Waals surface area contributed by atoms with Crippen molar-refractivity contribution in [2.45, 2.75) is 203 Å². The first-order valence-electron chi connectivity index (χ1n) is 34.4. The van der Waals surface area contributed by atoms with E-state index in [0.717, 1.165) is 4.90 Å². The van der Waals surface area contributed by atoms with Gasteiger partial charge in [0.2, 0.25) is 76.8 Å². The largest absolute Gasteiger partial charge is 0.508 e. The molecule has 1 saturated heterocycles. The van der Waals surface area contributed by atoms with Crippen LogP contribution in [-0.2, 0) is 89.6 Å². The number of aromatic hydroxyl groups is 1. The van der Waals surface area contributed by atoms with Crippen LogP contribution in [0.1, 0.15) is 129 Å². The molecule has 12 atom stereocenters. The lowest BCUT2D eigenvalue weighted by Gasteiger charge is -2.31. The molecule has 2 aromatic rings. The first-order valence-corrected chi connectivity index (χ1v) is 34.4. The average Bonchev–Trinajstić information content (AvgIpc) is 1.61. The molecule has 0 radical (unpaired) electrons. The fourth-order valence-corrected chi connectivity index (χ4v) is 11.1. The number of nitrogens with one attached hydrogen (secondary N) is 10. The Morgan fingerprint density at radius 3 is 1.39 bits per heavy atom. The second-order valence-electron chi connectivity index (χ2n) is 26.4. The standard InChI is InChI=1S/C67H102N18O21/c1-34(2)26-43(79-59(98)44(27-35(3)4)80-61(100)45(78-55(94)39(69)33-86)28-36-12-6-5-7-13-36)58(97)76-41(15-10-24-74-67(72)73)57(96)84-49(31-52(71)89)65(104)85-25-11-16-50(85)64(103)83-47(30-51(70)88)62(101)82-48(32-54(92)93)63(102)75-40(14-8-9-23-68)56(95)81-46(29-37-17-19-38(87)20-18-37)60(99)77-42(66(105)106)21-22-53(90)91/h5-7,12-13,17-20,34-35,39-50,86-87H,8-11,14-16,21-33,68-69H2,1-4H3,(H2,70,88)(H2,71,89)(H,75,102)(H,76,97)(H,77,99)(H,78,94)(H,79,98)(H,80,100)(H,81,95)(H,82,101)(H,83,103)(H,84,96)(H,90,91)(H,92,93)(H,105,106)(H4,72,73,74)/t39-,40-,41-,42-,43-,44-,45-,46-,47-,48-,49-,50-/m0/s1. The van der Waals surface area contributed by atoms with Crippen molar-refractivity contribution in [3.63, 3.8) is 0 Å². The molecule has 1 aliphatic rings. The Labute approximate surface area is 610 Å². The molecule has 1 aliphatic heterocycles. The summed E-state index contributed by atoms with van der Waals surface area (Å²) in [6, 6.07) is -5.84. The number of hydrogen-bond donors (Lipinski definition) is 21. The van der Waals surface area contributed by atoms with Crippen molar-refractivity contribution >= 4 is 101 Å². The fourth-order valence-electron chi connectivity index (χ4n) is 11.1. The van der Waals surface area contributed by atoms with Gasteiger partial charge in [-0.25, -0.2) is 4.79 Å². The van der Waals surface area contributed by atoms with Gasteiger partial charge in [-0.2, -0.15) is 0 Å². The highest BCUT2D eigenvalue weighted by molar-refractivity contribution is 6.01. The number of carbonyl (C=O) groups is 16. The fraction of sp³-hybridized carbons (Fsp3) is 0.567. The van der Waals surface area contributed by atoms with E-state index in [9.17, 15) is 102 Å². The molecule has 0 spiro atoms. The van der Waals surface area contributed by atoms with E-state index in [1.54, 1.807) is 58.0 Å². The van der Waals surface area contributed by atoms with E-state index in [-0.39, 0.29) is 114 Å². The number of aliphatic imine (C=N–C) groups is 1. The number of guanidine groups is 1. The molecule has 0 unspecified atom stereocenters. The maximum Gasteiger partial charge on any atom is 0.326 e. The van der Waals surface area contributed by atoms with Crippen LogP contribution in [0.25, 0.3) is 0 Å². The molecule has 3 rings (SSSR count). The molecule has 0 bridgehead atoms. The summed E-state index contributed by atoms with van der Waals surface area (Å²) in [7, 11) is 0. The summed E-state index contributed by atoms with van der Waals surface area (Å²) >= 11 is 0. The number of carboxylic acid groups (broad SMARTS) is 3. The lowest BCUT2D eigenvalue weighted by Crippen LogP contribution is -2.61. The normalized spacial score (nSPS) is 15.6. The third kappa shape index (κ3) is 32.3. The topological polar surface area (TPSA) is 666 Å². The number of carbonyl (C=O) groups excluding carboxylic acids is 13. The first kappa shape index (κ1) is 89.1. The number of phenols is 1. The lowest BCUT2D eigenvalue weighted by molar-refractivity contribution is -0.144. The van der Waals surface area contributed by atoms with Gasteiger partial charge in [0, 0.05) is 32.4 Å². The number of aliphatic carboxylic acids is 3. The number of rotatable bonds is 48. The van der Waals surface area contributed by atoms with Crippen LogP contribution >= 0.6 is 0 Å². The SMILES string of the molecule is CC(C)C[C@H](NC(=O)[C@H](CC(C)C)NC(=O)[C@H](Cc1ccccc1)NC(=O)[C@@H](N)CO)C(=O)N[C@@H](CCCN=C(N)N)C(=O)N[C@@H](CC(N)=O)C(=O)N1CCC[C@H]1C(=O)N[C@@H](CC(N)=O)C(=O)N[C@@H](CC(=O)O)C(=O)N[C@@H](CCCCN)C(=O)N[C@@H](Cc1ccc(O)cc1)C(=O)N[C@@H](CCC(=O)O)C(=O)O. The van der Waals surface area contributed by atoms with Crippen molar-refractivity contribution in [3.8, 4) is 5.75 Å². The van der Waals surface area contributed by atoms with Crippen LogP contribution in [0.2, 0.25) is 0 Å². The highest BCUT2D eigenvalue weighted by Crippen LogP contribution is 2.21. The van der Waals surface area contributed by atoms with E-state index >= 15 is 0 Å². The summed E-state index contributed by atoms with van der Waals surface area (Å²) in [5.74, 6) is -19.8. The molecule has 586 valence electrons. The molecule has 2 aromatic carbocycles. The molecular weight excluding hydrogens is 1390 g/mol. The van der Waals surface area contributed by atoms with Crippen molar-refractivity contribution < 1.29 is 102 Å². The smallest absolute Gasteiger partial charge is 0.326 e. The number of phenolic OH excluding ortho intramolecular Hbond substituents is 1. The Kier molecular flexibility index (Phi) is 38.0. The van der Waals surface area contributed by atoms with Gasteiger partial charge in [0.25, 0.3) is 0 Å². The molecule has 1 fully saturated rings. The molecule has 0 aliphatic carbocycles. The molecular formula is C67H102N18O21. The minimum Gasteiger partial charge on any atom is -0.508 e. The summed E-state index contributed by atoms with van der Waals surface area (Å²) in [6.07, 6.45) is -5.05. The molecule has 27 N–H and O–H groups in total. The average molecular weight is 1500 g/mol. The number of amides is 13. The highest BCUT2D eigenvalue weighted by atomic mass is 16.4. The van der Waals surface area contributed by atoms with Gasteiger partial charge in [0.15, 0.2) is 5.96 Å². The van der Waals surface area contributed by atoms with Crippen LogP contribution in [0.5, 0.6) is 5.75 Å². The number of aliphatic hydroxyl groups excluding tert-OH is 1. The van der Waals surface area contributed by atoms with Gasteiger partial charge in [-0.15, -0.1) is 0 Å².